The van der Waals surface area contributed by atoms with E-state index in [9.17, 15) is 18.0 Å². The number of nitrogens with zero attached hydrogens (tertiary/aromatic N) is 1. The highest BCUT2D eigenvalue weighted by molar-refractivity contribution is 5.82. The van der Waals surface area contributed by atoms with Gasteiger partial charge in [0.05, 0.1) is 0 Å². The van der Waals surface area contributed by atoms with Crippen molar-refractivity contribution >= 4 is 5.91 Å². The van der Waals surface area contributed by atoms with Crippen LogP contribution in [0.2, 0.25) is 0 Å². The van der Waals surface area contributed by atoms with Gasteiger partial charge < -0.3 is 4.90 Å². The lowest BCUT2D eigenvalue weighted by atomic mass is 10.3. The predicted octanol–water partition coefficient (Wildman–Crippen LogP) is 1.95. The summed E-state index contributed by atoms with van der Waals surface area (Å²) in [5, 5.41) is 0. The third kappa shape index (κ3) is 2.19. The van der Waals surface area contributed by atoms with Crippen LogP contribution in [0, 0.1) is 5.92 Å². The second kappa shape index (κ2) is 3.14. The highest BCUT2D eigenvalue weighted by Gasteiger charge is 2.48. The van der Waals surface area contributed by atoms with Crippen molar-refractivity contribution in [1.82, 2.24) is 4.90 Å². The molecule has 0 radical (unpaired) electrons. The van der Waals surface area contributed by atoms with Gasteiger partial charge in [-0.25, -0.2) is 0 Å². The normalized spacial score (nSPS) is 22.2. The first-order valence-corrected chi connectivity index (χ1v) is 4.86. The molecular formula is C9H12F3NO. The van der Waals surface area contributed by atoms with E-state index in [4.69, 9.17) is 0 Å². The summed E-state index contributed by atoms with van der Waals surface area (Å²) in [7, 11) is 0. The fourth-order valence-electron chi connectivity index (χ4n) is 1.53. The van der Waals surface area contributed by atoms with Gasteiger partial charge in [0.2, 0.25) is 0 Å². The van der Waals surface area contributed by atoms with Crippen molar-refractivity contribution in [2.75, 3.05) is 6.54 Å². The molecule has 2 rings (SSSR count). The SMILES string of the molecule is O=C(N(CC1CC1)C1CC1)C(F)(F)F. The minimum atomic E-state index is -4.70. The Labute approximate surface area is 80.1 Å². The summed E-state index contributed by atoms with van der Waals surface area (Å²) in [6.45, 7) is 0.309. The van der Waals surface area contributed by atoms with Crippen LogP contribution in [0.15, 0.2) is 0 Å². The van der Waals surface area contributed by atoms with E-state index >= 15 is 0 Å². The molecule has 0 heterocycles. The third-order valence-electron chi connectivity index (χ3n) is 2.64. The van der Waals surface area contributed by atoms with Gasteiger partial charge in [-0.05, 0) is 31.6 Å². The summed E-state index contributed by atoms with van der Waals surface area (Å²) in [4.78, 5) is 12.0. The van der Waals surface area contributed by atoms with Gasteiger partial charge in [-0.15, -0.1) is 0 Å². The van der Waals surface area contributed by atoms with Gasteiger partial charge in [0.15, 0.2) is 0 Å². The van der Waals surface area contributed by atoms with Crippen LogP contribution >= 0.6 is 0 Å². The number of carbonyl (C=O) groups is 1. The predicted molar refractivity (Wildman–Crippen MR) is 43.5 cm³/mol. The number of hydrogen-bond acceptors (Lipinski definition) is 1. The summed E-state index contributed by atoms with van der Waals surface area (Å²) < 4.78 is 36.5. The number of amides is 1. The molecule has 0 unspecified atom stereocenters. The van der Waals surface area contributed by atoms with Crippen molar-refractivity contribution in [3.8, 4) is 0 Å². The molecule has 2 nitrogen and oxygen atoms in total. The molecule has 0 aromatic carbocycles. The molecule has 2 fully saturated rings. The number of rotatable bonds is 3. The Bertz CT molecular complexity index is 243. The second-order valence-corrected chi connectivity index (χ2v) is 4.13. The first-order valence-electron chi connectivity index (χ1n) is 4.86. The number of alkyl halides is 3. The van der Waals surface area contributed by atoms with Crippen LogP contribution in [-0.2, 0) is 4.79 Å². The third-order valence-corrected chi connectivity index (χ3v) is 2.64. The molecule has 5 heteroatoms. The summed E-state index contributed by atoms with van der Waals surface area (Å²) in [6, 6.07) is -0.135. The van der Waals surface area contributed by atoms with Crippen LogP contribution in [0.5, 0.6) is 0 Å². The van der Waals surface area contributed by atoms with Gasteiger partial charge in [-0.1, -0.05) is 0 Å². The van der Waals surface area contributed by atoms with Gasteiger partial charge in [-0.2, -0.15) is 13.2 Å². The Morgan fingerprint density at radius 2 is 1.79 bits per heavy atom. The first-order chi connectivity index (χ1) is 6.48. The molecule has 80 valence electrons. The van der Waals surface area contributed by atoms with E-state index in [-0.39, 0.29) is 6.04 Å². The molecular weight excluding hydrogens is 195 g/mol. The smallest absolute Gasteiger partial charge is 0.332 e. The Hall–Kier alpha value is -0.740. The fraction of sp³-hybridized carbons (Fsp3) is 0.889. The van der Waals surface area contributed by atoms with Gasteiger partial charge in [0.1, 0.15) is 0 Å². The number of hydrogen-bond donors (Lipinski definition) is 0. The Morgan fingerprint density at radius 3 is 2.14 bits per heavy atom. The van der Waals surface area contributed by atoms with Crippen LogP contribution in [0.3, 0.4) is 0 Å². The van der Waals surface area contributed by atoms with Gasteiger partial charge in [0.25, 0.3) is 0 Å². The van der Waals surface area contributed by atoms with Gasteiger partial charge in [-0.3, -0.25) is 4.79 Å². The lowest BCUT2D eigenvalue weighted by Crippen LogP contribution is -2.43. The Morgan fingerprint density at radius 1 is 1.21 bits per heavy atom. The summed E-state index contributed by atoms with van der Waals surface area (Å²) in [5.41, 5.74) is 0. The molecule has 0 atom stereocenters. The van der Waals surface area contributed by atoms with Gasteiger partial charge in [0, 0.05) is 12.6 Å². The van der Waals surface area contributed by atoms with Crippen LogP contribution in [0.4, 0.5) is 13.2 Å². The van der Waals surface area contributed by atoms with Gasteiger partial charge >= 0.3 is 12.1 Å². The quantitative estimate of drug-likeness (QED) is 0.692. The molecule has 0 aromatic rings. The molecule has 2 aliphatic carbocycles. The molecule has 14 heavy (non-hydrogen) atoms. The largest absolute Gasteiger partial charge is 0.471 e. The second-order valence-electron chi connectivity index (χ2n) is 4.13. The molecule has 0 saturated heterocycles. The average molecular weight is 207 g/mol. The summed E-state index contributed by atoms with van der Waals surface area (Å²) in [6.07, 6.45) is -1.30. The Balaban J connectivity index is 1.97. The molecule has 1 amide bonds. The summed E-state index contributed by atoms with van der Waals surface area (Å²) in [5.74, 6) is -1.33. The monoisotopic (exact) mass is 207 g/mol. The maximum Gasteiger partial charge on any atom is 0.471 e. The molecule has 2 aliphatic rings. The number of carbonyl (C=O) groups excluding carboxylic acids is 1. The van der Waals surface area contributed by atoms with E-state index in [1.807, 2.05) is 0 Å². The average Bonchev–Trinajstić information content (AvgIpc) is 2.89. The zero-order chi connectivity index (χ0) is 10.3. The maximum absolute atomic E-state index is 12.2. The van der Waals surface area contributed by atoms with E-state index in [1.165, 1.54) is 0 Å². The van der Waals surface area contributed by atoms with Crippen molar-refractivity contribution < 1.29 is 18.0 Å². The van der Waals surface area contributed by atoms with E-state index in [2.05, 4.69) is 0 Å². The first kappa shape index (κ1) is 9.80. The standard InChI is InChI=1S/C9H12F3NO/c10-9(11,12)8(14)13(7-3-4-7)5-6-1-2-6/h6-7H,1-5H2. The van der Waals surface area contributed by atoms with Crippen LogP contribution in [0.25, 0.3) is 0 Å². The van der Waals surface area contributed by atoms with E-state index in [0.717, 1.165) is 30.6 Å². The molecule has 0 aromatic heterocycles. The van der Waals surface area contributed by atoms with E-state index < -0.39 is 12.1 Å². The highest BCUT2D eigenvalue weighted by Crippen LogP contribution is 2.36. The van der Waals surface area contributed by atoms with Crippen LogP contribution in [-0.4, -0.2) is 29.6 Å². The Kier molecular flexibility index (Phi) is 2.20. The van der Waals surface area contributed by atoms with E-state index in [1.54, 1.807) is 0 Å². The van der Waals surface area contributed by atoms with Crippen molar-refractivity contribution in [1.29, 1.82) is 0 Å². The zero-order valence-electron chi connectivity index (χ0n) is 7.68. The van der Waals surface area contributed by atoms with Crippen LogP contribution < -0.4 is 0 Å². The molecule has 2 saturated carbocycles. The van der Waals surface area contributed by atoms with Crippen molar-refractivity contribution in [2.45, 2.75) is 37.9 Å². The van der Waals surface area contributed by atoms with Crippen molar-refractivity contribution in [3.63, 3.8) is 0 Å². The highest BCUT2D eigenvalue weighted by atomic mass is 19.4. The van der Waals surface area contributed by atoms with Crippen molar-refractivity contribution in [2.24, 2.45) is 5.92 Å². The number of halogens is 3. The molecule has 0 N–H and O–H groups in total. The lowest BCUT2D eigenvalue weighted by molar-refractivity contribution is -0.186. The zero-order valence-corrected chi connectivity index (χ0v) is 7.68. The molecule has 0 aliphatic heterocycles. The molecule has 0 bridgehead atoms. The minimum Gasteiger partial charge on any atom is -0.332 e. The lowest BCUT2D eigenvalue weighted by Gasteiger charge is -2.23. The maximum atomic E-state index is 12.2. The van der Waals surface area contributed by atoms with E-state index in [0.29, 0.717) is 12.5 Å². The summed E-state index contributed by atoms with van der Waals surface area (Å²) >= 11 is 0. The molecule has 0 spiro atoms. The topological polar surface area (TPSA) is 20.3 Å². The minimum absolute atomic E-state index is 0.135. The van der Waals surface area contributed by atoms with Crippen LogP contribution in [0.1, 0.15) is 25.7 Å². The fourth-order valence-corrected chi connectivity index (χ4v) is 1.53. The van der Waals surface area contributed by atoms with Crippen molar-refractivity contribution in [3.05, 3.63) is 0 Å².